The van der Waals surface area contributed by atoms with Gasteiger partial charge >= 0.3 is 0 Å². The van der Waals surface area contributed by atoms with Crippen molar-refractivity contribution in [3.8, 4) is 0 Å². The highest BCUT2D eigenvalue weighted by molar-refractivity contribution is 7.16. The second-order valence-corrected chi connectivity index (χ2v) is 3.57. The fourth-order valence-electron chi connectivity index (χ4n) is 1.19. The predicted molar refractivity (Wildman–Crippen MR) is 49.0 cm³/mol. The third kappa shape index (κ3) is 1.16. The van der Waals surface area contributed by atoms with Crippen LogP contribution in [0.5, 0.6) is 0 Å². The Morgan fingerprint density at radius 1 is 1.77 bits per heavy atom. The molecule has 0 radical (unpaired) electrons. The first kappa shape index (κ1) is 8.40. The van der Waals surface area contributed by atoms with Crippen molar-refractivity contribution in [2.75, 3.05) is 0 Å². The summed E-state index contributed by atoms with van der Waals surface area (Å²) >= 11 is 1.42. The minimum absolute atomic E-state index is 0.0340. The molecular formula is C8H8N2O2S. The average Bonchev–Trinajstić information content (AvgIpc) is 2.61. The van der Waals surface area contributed by atoms with E-state index >= 15 is 0 Å². The van der Waals surface area contributed by atoms with E-state index in [1.807, 2.05) is 5.38 Å². The fourth-order valence-corrected chi connectivity index (χ4v) is 2.21. The van der Waals surface area contributed by atoms with Gasteiger partial charge < -0.3 is 5.11 Å². The largest absolute Gasteiger partial charge is 0.390 e. The number of imidazole rings is 1. The lowest BCUT2D eigenvalue weighted by Crippen LogP contribution is -1.91. The zero-order chi connectivity index (χ0) is 9.42. The van der Waals surface area contributed by atoms with E-state index in [0.717, 1.165) is 10.5 Å². The molecule has 2 aromatic heterocycles. The minimum Gasteiger partial charge on any atom is -0.390 e. The summed E-state index contributed by atoms with van der Waals surface area (Å²) < 4.78 is 1.74. The smallest absolute Gasteiger partial charge is 0.181 e. The summed E-state index contributed by atoms with van der Waals surface area (Å²) in [5.41, 5.74) is 1.24. The van der Waals surface area contributed by atoms with Crippen LogP contribution < -0.4 is 0 Å². The number of hydrogen-bond donors (Lipinski definition) is 1. The summed E-state index contributed by atoms with van der Waals surface area (Å²) in [6, 6.07) is 0. The molecule has 0 spiro atoms. The SMILES string of the molecule is CC(=O)c1ncn2c(CO)csc12. The lowest BCUT2D eigenvalue weighted by atomic mass is 10.3. The molecule has 2 heterocycles. The lowest BCUT2D eigenvalue weighted by molar-refractivity contribution is 0.101. The number of fused-ring (bicyclic) bond motifs is 1. The van der Waals surface area contributed by atoms with Gasteiger partial charge in [0.05, 0.1) is 12.3 Å². The molecule has 68 valence electrons. The van der Waals surface area contributed by atoms with Crippen molar-refractivity contribution in [2.24, 2.45) is 0 Å². The van der Waals surface area contributed by atoms with Crippen molar-refractivity contribution >= 4 is 22.0 Å². The maximum atomic E-state index is 11.1. The van der Waals surface area contributed by atoms with Gasteiger partial charge in [0.1, 0.15) is 16.9 Å². The molecule has 0 aliphatic rings. The molecule has 0 saturated heterocycles. The quantitative estimate of drug-likeness (QED) is 0.731. The maximum Gasteiger partial charge on any atom is 0.181 e. The molecule has 0 aliphatic heterocycles. The fraction of sp³-hybridized carbons (Fsp3) is 0.250. The van der Waals surface area contributed by atoms with Gasteiger partial charge in [-0.3, -0.25) is 9.20 Å². The summed E-state index contributed by atoms with van der Waals surface area (Å²) in [5, 5.41) is 10.8. The van der Waals surface area contributed by atoms with Crippen LogP contribution in [-0.4, -0.2) is 20.3 Å². The van der Waals surface area contributed by atoms with Crippen LogP contribution in [0.1, 0.15) is 23.1 Å². The molecule has 5 heteroatoms. The van der Waals surface area contributed by atoms with E-state index in [4.69, 9.17) is 5.11 Å². The average molecular weight is 196 g/mol. The molecule has 13 heavy (non-hydrogen) atoms. The van der Waals surface area contributed by atoms with E-state index in [1.165, 1.54) is 18.3 Å². The number of carbonyl (C=O) groups is 1. The molecule has 0 aromatic carbocycles. The first-order valence-corrected chi connectivity index (χ1v) is 4.67. The van der Waals surface area contributed by atoms with Crippen molar-refractivity contribution in [1.82, 2.24) is 9.38 Å². The molecule has 1 N–H and O–H groups in total. The summed E-state index contributed by atoms with van der Waals surface area (Å²) in [7, 11) is 0. The van der Waals surface area contributed by atoms with E-state index in [9.17, 15) is 4.79 Å². The van der Waals surface area contributed by atoms with Crippen LogP contribution in [0.3, 0.4) is 0 Å². The van der Waals surface area contributed by atoms with Gasteiger partial charge in [0.15, 0.2) is 5.78 Å². The minimum atomic E-state index is -0.0474. The standard InChI is InChI=1S/C8H8N2O2S/c1-5(12)7-8-10(4-9-7)6(2-11)3-13-8/h3-4,11H,2H2,1H3. The Kier molecular flexibility index (Phi) is 1.90. The first-order valence-electron chi connectivity index (χ1n) is 3.79. The Balaban J connectivity index is 2.69. The molecule has 0 amide bonds. The zero-order valence-electron chi connectivity index (χ0n) is 7.02. The molecule has 0 bridgehead atoms. The van der Waals surface area contributed by atoms with Gasteiger partial charge in [-0.2, -0.15) is 0 Å². The Morgan fingerprint density at radius 2 is 2.54 bits per heavy atom. The molecule has 0 fully saturated rings. The monoisotopic (exact) mass is 196 g/mol. The number of Topliss-reactive ketones (excluding diaryl/α,β-unsaturated/α-hetero) is 1. The summed E-state index contributed by atoms with van der Waals surface area (Å²) in [5.74, 6) is -0.0474. The zero-order valence-corrected chi connectivity index (χ0v) is 7.84. The Labute approximate surface area is 78.5 Å². The number of aliphatic hydroxyl groups excluding tert-OH is 1. The first-order chi connectivity index (χ1) is 6.24. The second kappa shape index (κ2) is 2.93. The van der Waals surface area contributed by atoms with Crippen LogP contribution in [0.4, 0.5) is 0 Å². The number of rotatable bonds is 2. The van der Waals surface area contributed by atoms with E-state index in [1.54, 1.807) is 10.7 Å². The van der Waals surface area contributed by atoms with Crippen LogP contribution in [0.15, 0.2) is 11.7 Å². The number of hydrogen-bond acceptors (Lipinski definition) is 4. The van der Waals surface area contributed by atoms with E-state index in [0.29, 0.717) is 5.69 Å². The molecule has 0 atom stereocenters. The van der Waals surface area contributed by atoms with Crippen molar-refractivity contribution in [1.29, 1.82) is 0 Å². The Bertz CT molecular complexity index is 458. The second-order valence-electron chi connectivity index (χ2n) is 2.71. The van der Waals surface area contributed by atoms with Crippen molar-refractivity contribution in [2.45, 2.75) is 13.5 Å². The van der Waals surface area contributed by atoms with Crippen molar-refractivity contribution < 1.29 is 9.90 Å². The predicted octanol–water partition coefficient (Wildman–Crippen LogP) is 1.09. The maximum absolute atomic E-state index is 11.1. The third-order valence-electron chi connectivity index (χ3n) is 1.84. The molecule has 0 unspecified atom stereocenters. The molecule has 4 nitrogen and oxygen atoms in total. The molecule has 0 saturated carbocycles. The summed E-state index contributed by atoms with van der Waals surface area (Å²) in [6.45, 7) is 1.45. The van der Waals surface area contributed by atoms with Crippen molar-refractivity contribution in [3.63, 3.8) is 0 Å². The van der Waals surface area contributed by atoms with E-state index in [-0.39, 0.29) is 12.4 Å². The van der Waals surface area contributed by atoms with Crippen molar-refractivity contribution in [3.05, 3.63) is 23.1 Å². The number of nitrogens with zero attached hydrogens (tertiary/aromatic N) is 2. The summed E-state index contributed by atoms with van der Waals surface area (Å²) in [6.07, 6.45) is 1.56. The number of ketones is 1. The molecule has 2 rings (SSSR count). The number of thiazole rings is 1. The van der Waals surface area contributed by atoms with E-state index in [2.05, 4.69) is 4.98 Å². The van der Waals surface area contributed by atoms with E-state index < -0.39 is 0 Å². The van der Waals surface area contributed by atoms with Gasteiger partial charge in [0.2, 0.25) is 0 Å². The highest BCUT2D eigenvalue weighted by Crippen LogP contribution is 2.20. The number of aliphatic hydroxyl groups is 1. The van der Waals surface area contributed by atoms with Gasteiger partial charge in [-0.25, -0.2) is 4.98 Å². The number of carbonyl (C=O) groups excluding carboxylic acids is 1. The van der Waals surface area contributed by atoms with Gasteiger partial charge in [-0.05, 0) is 0 Å². The van der Waals surface area contributed by atoms with Crippen LogP contribution in [0.25, 0.3) is 4.83 Å². The van der Waals surface area contributed by atoms with Gasteiger partial charge in [0, 0.05) is 12.3 Å². The third-order valence-corrected chi connectivity index (χ3v) is 2.84. The van der Waals surface area contributed by atoms with Crippen LogP contribution in [-0.2, 0) is 6.61 Å². The molecule has 2 aromatic rings. The Morgan fingerprint density at radius 3 is 3.15 bits per heavy atom. The van der Waals surface area contributed by atoms with Crippen LogP contribution in [0.2, 0.25) is 0 Å². The summed E-state index contributed by atoms with van der Waals surface area (Å²) in [4.78, 5) is 15.9. The number of aromatic nitrogens is 2. The van der Waals surface area contributed by atoms with Gasteiger partial charge in [-0.1, -0.05) is 0 Å². The Hall–Kier alpha value is -1.20. The van der Waals surface area contributed by atoms with Gasteiger partial charge in [-0.15, -0.1) is 11.3 Å². The molecular weight excluding hydrogens is 188 g/mol. The molecule has 0 aliphatic carbocycles. The highest BCUT2D eigenvalue weighted by Gasteiger charge is 2.12. The van der Waals surface area contributed by atoms with Crippen LogP contribution >= 0.6 is 11.3 Å². The van der Waals surface area contributed by atoms with Crippen LogP contribution in [0, 0.1) is 0 Å². The lowest BCUT2D eigenvalue weighted by Gasteiger charge is -1.89. The topological polar surface area (TPSA) is 54.6 Å². The normalized spacial score (nSPS) is 10.9. The van der Waals surface area contributed by atoms with Gasteiger partial charge in [0.25, 0.3) is 0 Å². The highest BCUT2D eigenvalue weighted by atomic mass is 32.1.